The normalized spacial score (nSPS) is 17.4. The van der Waals surface area contributed by atoms with E-state index in [1.54, 1.807) is 12.3 Å². The summed E-state index contributed by atoms with van der Waals surface area (Å²) in [5, 5.41) is 3.80. The third-order valence-electron chi connectivity index (χ3n) is 3.43. The van der Waals surface area contributed by atoms with Crippen LogP contribution < -0.4 is 5.32 Å². The largest absolute Gasteiger partial charge is 0.359 e. The van der Waals surface area contributed by atoms with Crippen molar-refractivity contribution in [3.8, 4) is 0 Å². The predicted octanol–water partition coefficient (Wildman–Crippen LogP) is 1.85. The lowest BCUT2D eigenvalue weighted by atomic mass is 10.1. The van der Waals surface area contributed by atoms with Crippen LogP contribution in [0.25, 0.3) is 10.9 Å². The van der Waals surface area contributed by atoms with Crippen LogP contribution in [-0.4, -0.2) is 36.1 Å². The van der Waals surface area contributed by atoms with Gasteiger partial charge in [0, 0.05) is 49.9 Å². The molecule has 0 saturated carbocycles. The first kappa shape index (κ1) is 11.6. The van der Waals surface area contributed by atoms with Crippen LogP contribution >= 0.6 is 0 Å². The summed E-state index contributed by atoms with van der Waals surface area (Å²) < 4.78 is 28.1. The second kappa shape index (κ2) is 4.66. The summed E-state index contributed by atoms with van der Waals surface area (Å²) in [4.78, 5) is 4.88. The Balaban J connectivity index is 1.94. The zero-order valence-corrected chi connectivity index (χ0v) is 9.97. The molecular formula is C13H15F2N3. The molecule has 5 heteroatoms. The maximum Gasteiger partial charge on any atom is 0.154 e. The zero-order chi connectivity index (χ0) is 12.5. The van der Waals surface area contributed by atoms with Crippen molar-refractivity contribution < 1.29 is 8.78 Å². The first-order valence-electron chi connectivity index (χ1n) is 6.13. The zero-order valence-electron chi connectivity index (χ0n) is 9.97. The van der Waals surface area contributed by atoms with Crippen molar-refractivity contribution in [2.45, 2.75) is 6.54 Å². The van der Waals surface area contributed by atoms with Gasteiger partial charge in [0.2, 0.25) is 0 Å². The van der Waals surface area contributed by atoms with E-state index in [0.29, 0.717) is 17.4 Å². The fourth-order valence-corrected chi connectivity index (χ4v) is 2.41. The molecule has 0 bridgehead atoms. The van der Waals surface area contributed by atoms with Crippen LogP contribution in [0.5, 0.6) is 0 Å². The molecule has 1 aromatic carbocycles. The lowest BCUT2D eigenvalue weighted by Crippen LogP contribution is -2.43. The average molecular weight is 251 g/mol. The van der Waals surface area contributed by atoms with Crippen LogP contribution in [0.3, 0.4) is 0 Å². The minimum absolute atomic E-state index is 0.159. The number of fused-ring (bicyclic) bond motifs is 1. The monoisotopic (exact) mass is 251 g/mol. The van der Waals surface area contributed by atoms with Gasteiger partial charge in [0.25, 0.3) is 0 Å². The van der Waals surface area contributed by atoms with Gasteiger partial charge in [0.05, 0.1) is 5.52 Å². The molecule has 3 nitrogen and oxygen atoms in total. The molecule has 2 N–H and O–H groups in total. The SMILES string of the molecule is Fc1cc2cc[nH]c2c(F)c1CN1CCNCC1. The number of rotatable bonds is 2. The van der Waals surface area contributed by atoms with E-state index >= 15 is 0 Å². The van der Waals surface area contributed by atoms with E-state index in [9.17, 15) is 8.78 Å². The molecule has 1 fully saturated rings. The molecule has 1 saturated heterocycles. The predicted molar refractivity (Wildman–Crippen MR) is 66.4 cm³/mol. The number of hydrogen-bond donors (Lipinski definition) is 2. The standard InChI is InChI=1S/C13H15F2N3/c14-11-7-9-1-2-17-13(9)12(15)10(11)8-18-5-3-16-4-6-18/h1-2,7,16-17H,3-6,8H2. The summed E-state index contributed by atoms with van der Waals surface area (Å²) in [6.07, 6.45) is 1.63. The van der Waals surface area contributed by atoms with Crippen LogP contribution in [0.2, 0.25) is 0 Å². The molecule has 1 aliphatic heterocycles. The highest BCUT2D eigenvalue weighted by atomic mass is 19.1. The van der Waals surface area contributed by atoms with Gasteiger partial charge in [-0.15, -0.1) is 0 Å². The third kappa shape index (κ3) is 2.00. The van der Waals surface area contributed by atoms with Crippen LogP contribution in [0, 0.1) is 11.6 Å². The lowest BCUT2D eigenvalue weighted by molar-refractivity contribution is 0.227. The van der Waals surface area contributed by atoms with Gasteiger partial charge in [0.15, 0.2) is 5.82 Å². The molecule has 3 rings (SSSR count). The van der Waals surface area contributed by atoms with Crippen LogP contribution in [0.15, 0.2) is 18.3 Å². The van der Waals surface area contributed by atoms with Crippen molar-refractivity contribution in [2.75, 3.05) is 26.2 Å². The second-order valence-corrected chi connectivity index (χ2v) is 4.62. The Labute approximate surface area is 104 Å². The number of piperazine rings is 1. The molecule has 0 amide bonds. The Morgan fingerprint density at radius 2 is 2.00 bits per heavy atom. The van der Waals surface area contributed by atoms with Crippen molar-refractivity contribution in [1.82, 2.24) is 15.2 Å². The van der Waals surface area contributed by atoms with Gasteiger partial charge < -0.3 is 10.3 Å². The summed E-state index contributed by atoms with van der Waals surface area (Å²) in [7, 11) is 0. The number of nitrogens with zero attached hydrogens (tertiary/aromatic N) is 1. The topological polar surface area (TPSA) is 31.1 Å². The highest BCUT2D eigenvalue weighted by molar-refractivity contribution is 5.80. The van der Waals surface area contributed by atoms with Gasteiger partial charge in [-0.1, -0.05) is 0 Å². The molecule has 0 spiro atoms. The molecule has 18 heavy (non-hydrogen) atoms. The van der Waals surface area contributed by atoms with Crippen molar-refractivity contribution in [3.05, 3.63) is 35.5 Å². The minimum Gasteiger partial charge on any atom is -0.359 e. The van der Waals surface area contributed by atoms with E-state index in [2.05, 4.69) is 15.2 Å². The maximum absolute atomic E-state index is 14.2. The Bertz CT molecular complexity index is 559. The number of hydrogen-bond acceptors (Lipinski definition) is 2. The second-order valence-electron chi connectivity index (χ2n) is 4.62. The molecule has 2 heterocycles. The van der Waals surface area contributed by atoms with E-state index in [1.807, 2.05) is 0 Å². The minimum atomic E-state index is -0.464. The van der Waals surface area contributed by atoms with Crippen LogP contribution in [0.1, 0.15) is 5.56 Å². The molecule has 0 radical (unpaired) electrons. The number of aromatic nitrogens is 1. The van der Waals surface area contributed by atoms with Crippen LogP contribution in [-0.2, 0) is 6.54 Å². The van der Waals surface area contributed by atoms with Gasteiger partial charge in [-0.3, -0.25) is 4.90 Å². The fourth-order valence-electron chi connectivity index (χ4n) is 2.41. The Morgan fingerprint density at radius 3 is 2.78 bits per heavy atom. The first-order chi connectivity index (χ1) is 8.75. The Kier molecular flexibility index (Phi) is 3.01. The van der Waals surface area contributed by atoms with Gasteiger partial charge in [-0.05, 0) is 12.1 Å². The lowest BCUT2D eigenvalue weighted by Gasteiger charge is -2.27. The van der Waals surface area contributed by atoms with Crippen molar-refractivity contribution >= 4 is 10.9 Å². The number of halogens is 2. The summed E-state index contributed by atoms with van der Waals surface area (Å²) >= 11 is 0. The van der Waals surface area contributed by atoms with E-state index in [-0.39, 0.29) is 5.56 Å². The van der Waals surface area contributed by atoms with Gasteiger partial charge >= 0.3 is 0 Å². The summed E-state index contributed by atoms with van der Waals surface area (Å²) in [6.45, 7) is 3.71. The van der Waals surface area contributed by atoms with Crippen molar-refractivity contribution in [3.63, 3.8) is 0 Å². The quantitative estimate of drug-likeness (QED) is 0.853. The molecule has 2 aromatic rings. The smallest absolute Gasteiger partial charge is 0.154 e. The van der Waals surface area contributed by atoms with E-state index in [4.69, 9.17) is 0 Å². The molecule has 0 unspecified atom stereocenters. The number of aromatic amines is 1. The molecule has 96 valence electrons. The maximum atomic E-state index is 14.2. The molecule has 1 aromatic heterocycles. The summed E-state index contributed by atoms with van der Waals surface area (Å²) in [6, 6.07) is 3.07. The highest BCUT2D eigenvalue weighted by Gasteiger charge is 2.18. The van der Waals surface area contributed by atoms with E-state index in [0.717, 1.165) is 26.2 Å². The fraction of sp³-hybridized carbons (Fsp3) is 0.385. The Morgan fingerprint density at radius 1 is 1.22 bits per heavy atom. The first-order valence-corrected chi connectivity index (χ1v) is 6.13. The van der Waals surface area contributed by atoms with Gasteiger partial charge in [0.1, 0.15) is 5.82 Å². The third-order valence-corrected chi connectivity index (χ3v) is 3.43. The molecule has 0 atom stereocenters. The van der Waals surface area contributed by atoms with Crippen LogP contribution in [0.4, 0.5) is 8.78 Å². The summed E-state index contributed by atoms with van der Waals surface area (Å²) in [5.41, 5.74) is 0.549. The molecule has 1 aliphatic rings. The molecule has 0 aliphatic carbocycles. The average Bonchev–Trinajstić information content (AvgIpc) is 2.84. The van der Waals surface area contributed by atoms with Gasteiger partial charge in [-0.2, -0.15) is 0 Å². The number of H-pyrrole nitrogens is 1. The molecular weight excluding hydrogens is 236 g/mol. The number of benzene rings is 1. The summed E-state index contributed by atoms with van der Waals surface area (Å²) in [5.74, 6) is -0.924. The van der Waals surface area contributed by atoms with Gasteiger partial charge in [-0.25, -0.2) is 8.78 Å². The Hall–Kier alpha value is -1.46. The highest BCUT2D eigenvalue weighted by Crippen LogP contribution is 2.24. The van der Waals surface area contributed by atoms with E-state index < -0.39 is 11.6 Å². The van der Waals surface area contributed by atoms with Crippen molar-refractivity contribution in [1.29, 1.82) is 0 Å². The van der Waals surface area contributed by atoms with Crippen molar-refractivity contribution in [2.24, 2.45) is 0 Å². The number of nitrogens with one attached hydrogen (secondary N) is 2. The van der Waals surface area contributed by atoms with E-state index in [1.165, 1.54) is 6.07 Å².